The number of rotatable bonds is 5. The van der Waals surface area contributed by atoms with Crippen LogP contribution >= 0.6 is 27.5 Å². The van der Waals surface area contributed by atoms with Crippen molar-refractivity contribution in [2.24, 2.45) is 0 Å². The number of esters is 1. The first-order chi connectivity index (χ1) is 9.11. The number of methoxy groups -OCH3 is 1. The van der Waals surface area contributed by atoms with E-state index in [0.717, 1.165) is 23.3 Å². The van der Waals surface area contributed by atoms with E-state index in [2.05, 4.69) is 26.0 Å². The van der Waals surface area contributed by atoms with Gasteiger partial charge in [0.15, 0.2) is 0 Å². The Labute approximate surface area is 125 Å². The van der Waals surface area contributed by atoms with E-state index in [1.807, 2.05) is 12.1 Å². The minimum Gasteiger partial charge on any atom is -0.493 e. The maximum absolute atomic E-state index is 11.2. The van der Waals surface area contributed by atoms with Crippen molar-refractivity contribution in [3.8, 4) is 5.75 Å². The average molecular weight is 349 g/mol. The Morgan fingerprint density at radius 2 is 2.42 bits per heavy atom. The molecule has 0 saturated carbocycles. The molecule has 0 aliphatic carbocycles. The predicted molar refractivity (Wildman–Crippen MR) is 77.1 cm³/mol. The van der Waals surface area contributed by atoms with E-state index in [0.29, 0.717) is 24.7 Å². The number of hydrogen-bond donors (Lipinski definition) is 1. The van der Waals surface area contributed by atoms with Gasteiger partial charge in [-0.05, 0) is 17.7 Å². The molecule has 0 amide bonds. The van der Waals surface area contributed by atoms with Crippen molar-refractivity contribution in [2.45, 2.75) is 17.8 Å². The summed E-state index contributed by atoms with van der Waals surface area (Å²) in [4.78, 5) is 10.9. The number of hydrogen-bond acceptors (Lipinski definition) is 4. The number of ether oxygens (including phenoxy) is 2. The van der Waals surface area contributed by atoms with Gasteiger partial charge in [0.2, 0.25) is 0 Å². The highest BCUT2D eigenvalue weighted by molar-refractivity contribution is 9.10. The molecule has 1 N–H and O–H groups in total. The van der Waals surface area contributed by atoms with Gasteiger partial charge in [-0.25, -0.2) is 0 Å². The third-order valence-corrected chi connectivity index (χ3v) is 3.84. The van der Waals surface area contributed by atoms with E-state index in [4.69, 9.17) is 16.3 Å². The highest BCUT2D eigenvalue weighted by Gasteiger charge is 2.18. The van der Waals surface area contributed by atoms with E-state index in [9.17, 15) is 4.79 Å². The summed E-state index contributed by atoms with van der Waals surface area (Å²) in [7, 11) is 1.37. The van der Waals surface area contributed by atoms with Crippen LogP contribution < -0.4 is 10.1 Å². The topological polar surface area (TPSA) is 47.6 Å². The van der Waals surface area contributed by atoms with Crippen LogP contribution in [0, 0.1) is 0 Å². The van der Waals surface area contributed by atoms with Crippen LogP contribution in [0.4, 0.5) is 0 Å². The minimum absolute atomic E-state index is 0.292. The predicted octanol–water partition coefficient (Wildman–Crippen LogP) is 2.30. The van der Waals surface area contributed by atoms with Crippen LogP contribution in [0.15, 0.2) is 12.1 Å². The highest BCUT2D eigenvalue weighted by atomic mass is 79.9. The second kappa shape index (κ2) is 6.59. The normalized spacial score (nSPS) is 14.7. The standard InChI is InChI=1S/C13H15BrClNO3/c1-18-13(17)11(14)7-16-6-9-5-10(15)4-8-2-3-19-12(8)9/h4-5,11,16H,2-3,6-7H2,1H3. The van der Waals surface area contributed by atoms with Gasteiger partial charge in [0.1, 0.15) is 10.6 Å². The summed E-state index contributed by atoms with van der Waals surface area (Å²) in [5.74, 6) is 0.626. The van der Waals surface area contributed by atoms with E-state index >= 15 is 0 Å². The molecule has 0 saturated heterocycles. The summed E-state index contributed by atoms with van der Waals surface area (Å²) in [5, 5.41) is 3.90. The number of benzene rings is 1. The SMILES string of the molecule is COC(=O)C(Br)CNCc1cc(Cl)cc2c1OCC2. The molecule has 0 aromatic heterocycles. The van der Waals surface area contributed by atoms with Crippen molar-refractivity contribution >= 4 is 33.5 Å². The zero-order chi connectivity index (χ0) is 13.8. The molecule has 6 heteroatoms. The van der Waals surface area contributed by atoms with E-state index in [1.54, 1.807) is 0 Å². The van der Waals surface area contributed by atoms with Crippen molar-refractivity contribution in [2.75, 3.05) is 20.3 Å². The number of alkyl halides is 1. The molecule has 1 aliphatic rings. The lowest BCUT2D eigenvalue weighted by Crippen LogP contribution is -2.29. The van der Waals surface area contributed by atoms with Gasteiger partial charge in [0, 0.05) is 30.1 Å². The summed E-state index contributed by atoms with van der Waals surface area (Å²) < 4.78 is 10.2. The largest absolute Gasteiger partial charge is 0.493 e. The quantitative estimate of drug-likeness (QED) is 0.655. The van der Waals surface area contributed by atoms with Gasteiger partial charge in [-0.2, -0.15) is 0 Å². The van der Waals surface area contributed by atoms with Crippen molar-refractivity contribution in [1.29, 1.82) is 0 Å². The number of fused-ring (bicyclic) bond motifs is 1. The summed E-state index contributed by atoms with van der Waals surface area (Å²) in [5.41, 5.74) is 2.16. The Morgan fingerprint density at radius 3 is 3.16 bits per heavy atom. The van der Waals surface area contributed by atoms with Crippen molar-refractivity contribution in [1.82, 2.24) is 5.32 Å². The van der Waals surface area contributed by atoms with Crippen LogP contribution in [0.2, 0.25) is 5.02 Å². The molecule has 1 heterocycles. The number of carbonyl (C=O) groups excluding carboxylic acids is 1. The molecule has 2 rings (SSSR count). The first kappa shape index (κ1) is 14.6. The minimum atomic E-state index is -0.356. The van der Waals surface area contributed by atoms with Crippen LogP contribution in [0.25, 0.3) is 0 Å². The Hall–Kier alpha value is -0.780. The molecule has 1 unspecified atom stereocenters. The number of halogens is 2. The smallest absolute Gasteiger partial charge is 0.320 e. The molecule has 104 valence electrons. The Balaban J connectivity index is 1.95. The lowest BCUT2D eigenvalue weighted by molar-refractivity contribution is -0.139. The van der Waals surface area contributed by atoms with E-state index in [1.165, 1.54) is 7.11 Å². The Morgan fingerprint density at radius 1 is 1.63 bits per heavy atom. The first-order valence-corrected chi connectivity index (χ1v) is 7.28. The van der Waals surface area contributed by atoms with Gasteiger partial charge >= 0.3 is 5.97 Å². The van der Waals surface area contributed by atoms with Crippen LogP contribution in [-0.2, 0) is 22.5 Å². The van der Waals surface area contributed by atoms with Crippen LogP contribution in [0.1, 0.15) is 11.1 Å². The monoisotopic (exact) mass is 347 g/mol. The Bertz CT molecular complexity index is 481. The summed E-state index contributed by atoms with van der Waals surface area (Å²) in [6, 6.07) is 3.83. The molecule has 4 nitrogen and oxygen atoms in total. The van der Waals surface area contributed by atoms with Crippen LogP contribution in [-0.4, -0.2) is 31.1 Å². The Kier molecular flexibility index (Phi) is 5.07. The molecule has 1 aromatic rings. The molecule has 1 aromatic carbocycles. The molecule has 0 radical (unpaired) electrons. The van der Waals surface area contributed by atoms with Gasteiger partial charge in [0.05, 0.1) is 13.7 Å². The van der Waals surface area contributed by atoms with Crippen molar-refractivity contribution in [3.63, 3.8) is 0 Å². The van der Waals surface area contributed by atoms with Crippen LogP contribution in [0.3, 0.4) is 0 Å². The van der Waals surface area contributed by atoms with E-state index in [-0.39, 0.29) is 10.8 Å². The maximum Gasteiger partial charge on any atom is 0.320 e. The fourth-order valence-electron chi connectivity index (χ4n) is 2.02. The number of nitrogens with one attached hydrogen (secondary N) is 1. The maximum atomic E-state index is 11.2. The van der Waals surface area contributed by atoms with Gasteiger partial charge in [-0.15, -0.1) is 0 Å². The molecule has 0 bridgehead atoms. The van der Waals surface area contributed by atoms with Crippen molar-refractivity contribution < 1.29 is 14.3 Å². The second-order valence-corrected chi connectivity index (χ2v) is 5.81. The molecule has 0 fully saturated rings. The highest BCUT2D eigenvalue weighted by Crippen LogP contribution is 2.32. The average Bonchev–Trinajstić information content (AvgIpc) is 2.85. The number of carbonyl (C=O) groups is 1. The van der Waals surface area contributed by atoms with Crippen LogP contribution in [0.5, 0.6) is 5.75 Å². The molecular weight excluding hydrogens is 334 g/mol. The third kappa shape index (κ3) is 3.61. The van der Waals surface area contributed by atoms with Crippen molar-refractivity contribution in [3.05, 3.63) is 28.3 Å². The molecule has 19 heavy (non-hydrogen) atoms. The molecule has 0 spiro atoms. The molecule has 1 aliphatic heterocycles. The van der Waals surface area contributed by atoms with Gasteiger partial charge < -0.3 is 14.8 Å². The molecule has 1 atom stereocenters. The first-order valence-electron chi connectivity index (χ1n) is 5.98. The summed E-state index contributed by atoms with van der Waals surface area (Å²) in [6.45, 7) is 1.78. The lowest BCUT2D eigenvalue weighted by atomic mass is 10.1. The van der Waals surface area contributed by atoms with Gasteiger partial charge in [-0.3, -0.25) is 4.79 Å². The zero-order valence-corrected chi connectivity index (χ0v) is 12.9. The lowest BCUT2D eigenvalue weighted by Gasteiger charge is -2.12. The summed E-state index contributed by atoms with van der Waals surface area (Å²) in [6.07, 6.45) is 0.895. The fourth-order valence-corrected chi connectivity index (χ4v) is 2.70. The van der Waals surface area contributed by atoms with E-state index < -0.39 is 0 Å². The van der Waals surface area contributed by atoms with Gasteiger partial charge in [-0.1, -0.05) is 27.5 Å². The second-order valence-electron chi connectivity index (χ2n) is 4.27. The molecular formula is C13H15BrClNO3. The van der Waals surface area contributed by atoms with Gasteiger partial charge in [0.25, 0.3) is 0 Å². The fraction of sp³-hybridized carbons (Fsp3) is 0.462. The zero-order valence-electron chi connectivity index (χ0n) is 10.5. The summed E-state index contributed by atoms with van der Waals surface area (Å²) >= 11 is 9.34. The third-order valence-electron chi connectivity index (χ3n) is 2.92.